The van der Waals surface area contributed by atoms with Crippen molar-refractivity contribution in [2.24, 2.45) is 11.7 Å². The number of carbonyl (C=O) groups excluding carboxylic acids is 1. The van der Waals surface area contributed by atoms with Crippen molar-refractivity contribution in [3.05, 3.63) is 65.9 Å². The molecule has 0 aliphatic heterocycles. The molecule has 0 saturated heterocycles. The van der Waals surface area contributed by atoms with Gasteiger partial charge in [0.15, 0.2) is 5.82 Å². The van der Waals surface area contributed by atoms with Gasteiger partial charge in [0, 0.05) is 16.8 Å². The first-order chi connectivity index (χ1) is 17.7. The maximum atomic E-state index is 12.7. The van der Waals surface area contributed by atoms with Crippen LogP contribution in [0.4, 0.5) is 20.3 Å². The number of halogens is 2. The summed E-state index contributed by atoms with van der Waals surface area (Å²) in [6.07, 6.45) is 5.43. The van der Waals surface area contributed by atoms with Gasteiger partial charge in [0.2, 0.25) is 0 Å². The van der Waals surface area contributed by atoms with Gasteiger partial charge in [-0.2, -0.15) is 19.1 Å². The Morgan fingerprint density at radius 2 is 1.89 bits per heavy atom. The highest BCUT2D eigenvalue weighted by molar-refractivity contribution is 7.85. The van der Waals surface area contributed by atoms with Crippen molar-refractivity contribution in [3.8, 4) is 11.8 Å². The summed E-state index contributed by atoms with van der Waals surface area (Å²) < 4.78 is 38.7. The van der Waals surface area contributed by atoms with Crippen LogP contribution in [-0.2, 0) is 22.8 Å². The number of aromatic nitrogens is 2. The molecule has 6 N–H and O–H groups in total. The van der Waals surface area contributed by atoms with Gasteiger partial charge in [-0.15, -0.1) is 0 Å². The number of primary amides is 1. The molecule has 4 rings (SSSR count). The van der Waals surface area contributed by atoms with Crippen LogP contribution in [0.25, 0.3) is 0 Å². The van der Waals surface area contributed by atoms with Gasteiger partial charge in [-0.3, -0.25) is 9.48 Å². The van der Waals surface area contributed by atoms with Crippen LogP contribution in [0.2, 0.25) is 0 Å². The minimum absolute atomic E-state index is 0. The van der Waals surface area contributed by atoms with Crippen LogP contribution in [0, 0.1) is 17.2 Å². The second-order valence-electron chi connectivity index (χ2n) is 9.24. The van der Waals surface area contributed by atoms with Crippen LogP contribution in [-0.4, -0.2) is 36.2 Å². The van der Waals surface area contributed by atoms with E-state index in [1.54, 1.807) is 23.0 Å². The molecule has 1 saturated carbocycles. The van der Waals surface area contributed by atoms with Crippen LogP contribution >= 0.6 is 0 Å². The molecule has 1 amide bonds. The smallest absolute Gasteiger partial charge is 0.316 e. The van der Waals surface area contributed by atoms with Gasteiger partial charge in [0.1, 0.15) is 22.1 Å². The largest absolute Gasteiger partial charge is 0.508 e. The number of anilines is 2. The number of hydrogen-bond donors (Lipinski definition) is 3. The molecule has 1 heterocycles. The van der Waals surface area contributed by atoms with Crippen LogP contribution in [0.15, 0.2) is 59.6 Å². The molecule has 3 aromatic rings. The number of nitriles is 1. The van der Waals surface area contributed by atoms with Crippen LogP contribution < -0.4 is 11.1 Å². The molecular formula is C26H29F2N5O4S. The fourth-order valence-electron chi connectivity index (χ4n) is 4.85. The highest BCUT2D eigenvalue weighted by Gasteiger charge is 2.39. The molecule has 1 atom stereocenters. The average molecular weight is 546 g/mol. The quantitative estimate of drug-likeness (QED) is 0.368. The fourth-order valence-corrected chi connectivity index (χ4v) is 5.46. The summed E-state index contributed by atoms with van der Waals surface area (Å²) in [6, 6.07) is 15.1. The SMILES string of the molecule is N#CCC1(n2cc(C(N)=O)c(Nc3ccc(S(=O)C(F)F)cc3)n2)CCC(Cc2ccccc2O)CC1.O. The molecule has 0 radical (unpaired) electrons. The maximum Gasteiger partial charge on any atom is 0.316 e. The first kappa shape index (κ1) is 28.7. The number of carbonyl (C=O) groups is 1. The number of amides is 1. The van der Waals surface area contributed by atoms with E-state index in [4.69, 9.17) is 5.73 Å². The van der Waals surface area contributed by atoms with Crippen molar-refractivity contribution in [1.29, 1.82) is 5.26 Å². The van der Waals surface area contributed by atoms with E-state index in [9.17, 15) is 28.2 Å². The minimum atomic E-state index is -2.99. The number of phenolic OH excluding ortho intramolecular Hbond substituents is 1. The Morgan fingerprint density at radius 3 is 2.47 bits per heavy atom. The van der Waals surface area contributed by atoms with Crippen LogP contribution in [0.3, 0.4) is 0 Å². The topological polar surface area (TPSA) is 166 Å². The molecule has 2 aromatic carbocycles. The Bertz CT molecular complexity index is 1330. The summed E-state index contributed by atoms with van der Waals surface area (Å²) >= 11 is 0. The number of para-hydroxylation sites is 1. The number of aromatic hydroxyl groups is 1. The number of phenols is 1. The van der Waals surface area contributed by atoms with E-state index < -0.39 is 28.0 Å². The number of alkyl halides is 2. The Hall–Kier alpha value is -3.82. The zero-order chi connectivity index (χ0) is 26.6. The number of hydrogen-bond acceptors (Lipinski definition) is 6. The van der Waals surface area contributed by atoms with Crippen molar-refractivity contribution < 1.29 is 28.4 Å². The monoisotopic (exact) mass is 545 g/mol. The lowest BCUT2D eigenvalue weighted by atomic mass is 9.73. The number of nitrogens with two attached hydrogens (primary N) is 1. The van der Waals surface area contributed by atoms with Gasteiger partial charge in [-0.05, 0) is 73.9 Å². The van der Waals surface area contributed by atoms with Crippen molar-refractivity contribution >= 4 is 28.2 Å². The number of nitrogens with zero attached hydrogens (tertiary/aromatic N) is 3. The van der Waals surface area contributed by atoms with E-state index in [-0.39, 0.29) is 33.9 Å². The Morgan fingerprint density at radius 1 is 1.24 bits per heavy atom. The highest BCUT2D eigenvalue weighted by atomic mass is 32.2. The molecule has 38 heavy (non-hydrogen) atoms. The normalized spacial score (nSPS) is 19.8. The van der Waals surface area contributed by atoms with Crippen molar-refractivity contribution in [2.75, 3.05) is 5.32 Å². The predicted molar refractivity (Wildman–Crippen MR) is 138 cm³/mol. The van der Waals surface area contributed by atoms with Gasteiger partial charge in [0.25, 0.3) is 5.91 Å². The third kappa shape index (κ3) is 6.17. The Labute approximate surface area is 221 Å². The second-order valence-corrected chi connectivity index (χ2v) is 10.7. The maximum absolute atomic E-state index is 12.7. The van der Waals surface area contributed by atoms with Gasteiger partial charge in [0.05, 0.1) is 18.0 Å². The third-order valence-corrected chi connectivity index (χ3v) is 7.98. The van der Waals surface area contributed by atoms with E-state index >= 15 is 0 Å². The lowest BCUT2D eigenvalue weighted by Crippen LogP contribution is -2.38. The van der Waals surface area contributed by atoms with Gasteiger partial charge >= 0.3 is 5.76 Å². The third-order valence-electron chi connectivity index (χ3n) is 6.92. The fraction of sp³-hybridized carbons (Fsp3) is 0.346. The zero-order valence-electron chi connectivity index (χ0n) is 20.4. The number of benzene rings is 2. The highest BCUT2D eigenvalue weighted by Crippen LogP contribution is 2.42. The summed E-state index contributed by atoms with van der Waals surface area (Å²) in [6.45, 7) is 0. The Kier molecular flexibility index (Phi) is 9.19. The Balaban J connectivity index is 0.00000400. The van der Waals surface area contributed by atoms with E-state index in [0.717, 1.165) is 24.8 Å². The molecule has 1 unspecified atom stereocenters. The van der Waals surface area contributed by atoms with Gasteiger partial charge in [-0.25, -0.2) is 4.21 Å². The van der Waals surface area contributed by atoms with Crippen molar-refractivity contribution in [3.63, 3.8) is 0 Å². The van der Waals surface area contributed by atoms with Gasteiger partial charge in [-0.1, -0.05) is 18.2 Å². The van der Waals surface area contributed by atoms with Crippen LogP contribution in [0.1, 0.15) is 48.0 Å². The van der Waals surface area contributed by atoms with E-state index in [1.165, 1.54) is 24.3 Å². The lowest BCUT2D eigenvalue weighted by molar-refractivity contribution is 0.1000. The van der Waals surface area contributed by atoms with E-state index in [2.05, 4.69) is 16.5 Å². The number of rotatable bonds is 9. The molecule has 202 valence electrons. The summed E-state index contributed by atoms with van der Waals surface area (Å²) in [4.78, 5) is 12.2. The molecule has 12 heteroatoms. The van der Waals surface area contributed by atoms with E-state index in [1.807, 2.05) is 12.1 Å². The summed E-state index contributed by atoms with van der Waals surface area (Å²) in [5.74, 6) is -2.89. The summed E-state index contributed by atoms with van der Waals surface area (Å²) in [7, 11) is -2.43. The predicted octanol–water partition coefficient (Wildman–Crippen LogP) is 3.98. The summed E-state index contributed by atoms with van der Waals surface area (Å²) in [5, 5.41) is 27.3. The lowest BCUT2D eigenvalue weighted by Gasteiger charge is -2.39. The standard InChI is InChI=1S/C26H27F2N5O3S.H2O/c27-25(28)37(36)20-7-5-19(6-8-20)31-24-21(23(30)35)16-33(32-24)26(13-14-29)11-9-17(10-12-26)15-18-3-1-2-4-22(18)34;/h1-8,16-17,25,34H,9-13,15H2,(H2,30,35)(H,31,32);1H2. The van der Waals surface area contributed by atoms with E-state index in [0.29, 0.717) is 24.4 Å². The van der Waals surface area contributed by atoms with Crippen molar-refractivity contribution in [1.82, 2.24) is 9.78 Å². The minimum Gasteiger partial charge on any atom is -0.508 e. The zero-order valence-corrected chi connectivity index (χ0v) is 21.3. The molecular weight excluding hydrogens is 516 g/mol. The first-order valence-corrected chi connectivity index (χ1v) is 13.0. The molecule has 9 nitrogen and oxygen atoms in total. The van der Waals surface area contributed by atoms with Crippen molar-refractivity contribution in [2.45, 2.75) is 54.7 Å². The molecule has 1 aliphatic rings. The van der Waals surface area contributed by atoms with Gasteiger partial charge < -0.3 is 21.6 Å². The second kappa shape index (κ2) is 12.1. The molecule has 1 aliphatic carbocycles. The number of nitrogens with one attached hydrogen (secondary N) is 1. The summed E-state index contributed by atoms with van der Waals surface area (Å²) in [5.41, 5.74) is 6.46. The first-order valence-electron chi connectivity index (χ1n) is 11.8. The average Bonchev–Trinajstić information content (AvgIpc) is 3.31. The van der Waals surface area contributed by atoms with Crippen LogP contribution in [0.5, 0.6) is 5.75 Å². The molecule has 1 fully saturated rings. The molecule has 0 bridgehead atoms. The molecule has 0 spiro atoms. The molecule has 1 aromatic heterocycles.